The number of nitrogens with zero attached hydrogens (tertiary/aromatic N) is 2. The van der Waals surface area contributed by atoms with Gasteiger partial charge >= 0.3 is 0 Å². The van der Waals surface area contributed by atoms with Gasteiger partial charge in [-0.15, -0.1) is 0 Å². The largest absolute Gasteiger partial charge is 0.394 e. The fourth-order valence-electron chi connectivity index (χ4n) is 1.92. The Hall–Kier alpha value is -0.870. The van der Waals surface area contributed by atoms with Gasteiger partial charge < -0.3 is 10.4 Å². The second kappa shape index (κ2) is 3.94. The molecule has 1 aliphatic carbocycles. The Labute approximate surface area is 90.3 Å². The van der Waals surface area contributed by atoms with E-state index in [9.17, 15) is 5.11 Å². The molecule has 1 aromatic heterocycles. The number of aryl methyl sites for hydroxylation is 1. The van der Waals surface area contributed by atoms with E-state index in [1.54, 1.807) is 4.68 Å². The van der Waals surface area contributed by atoms with E-state index in [4.69, 9.17) is 0 Å². The summed E-state index contributed by atoms with van der Waals surface area (Å²) in [6.07, 6.45) is 6.32. The zero-order chi connectivity index (χ0) is 10.9. The fourth-order valence-corrected chi connectivity index (χ4v) is 1.92. The number of aromatic nitrogens is 2. The fraction of sp³-hybridized carbons (Fsp3) is 0.727. The van der Waals surface area contributed by atoms with Crippen LogP contribution in [0, 0.1) is 5.92 Å². The molecule has 1 unspecified atom stereocenters. The summed E-state index contributed by atoms with van der Waals surface area (Å²) in [4.78, 5) is 0. The first-order valence-electron chi connectivity index (χ1n) is 5.47. The topological polar surface area (TPSA) is 50.1 Å². The molecule has 2 rings (SSSR count). The average molecular weight is 209 g/mol. The highest BCUT2D eigenvalue weighted by Crippen LogP contribution is 2.39. The van der Waals surface area contributed by atoms with E-state index in [-0.39, 0.29) is 12.1 Å². The first-order chi connectivity index (χ1) is 7.14. The maximum Gasteiger partial charge on any atom is 0.0613 e. The molecule has 1 aliphatic rings. The maximum absolute atomic E-state index is 9.40. The molecule has 4 heteroatoms. The molecule has 0 aliphatic heterocycles. The van der Waals surface area contributed by atoms with Crippen LogP contribution in [0.1, 0.15) is 25.3 Å². The smallest absolute Gasteiger partial charge is 0.0613 e. The molecular formula is C11H19N3O. The van der Waals surface area contributed by atoms with Gasteiger partial charge in [0, 0.05) is 30.9 Å². The molecule has 4 nitrogen and oxygen atoms in total. The Kier molecular flexibility index (Phi) is 2.80. The van der Waals surface area contributed by atoms with Gasteiger partial charge in [-0.2, -0.15) is 5.10 Å². The lowest BCUT2D eigenvalue weighted by atomic mass is 9.97. The van der Waals surface area contributed by atoms with Crippen molar-refractivity contribution in [3.8, 4) is 0 Å². The molecule has 0 aromatic carbocycles. The molecule has 0 radical (unpaired) electrons. The molecule has 0 saturated heterocycles. The number of rotatable bonds is 5. The molecule has 1 atom stereocenters. The van der Waals surface area contributed by atoms with Crippen molar-refractivity contribution in [2.24, 2.45) is 13.0 Å². The van der Waals surface area contributed by atoms with E-state index < -0.39 is 0 Å². The van der Waals surface area contributed by atoms with Gasteiger partial charge in [0.15, 0.2) is 0 Å². The van der Waals surface area contributed by atoms with Gasteiger partial charge in [0.1, 0.15) is 0 Å². The molecule has 1 aromatic rings. The van der Waals surface area contributed by atoms with E-state index in [2.05, 4.69) is 17.3 Å². The molecule has 1 saturated carbocycles. The third-order valence-electron chi connectivity index (χ3n) is 3.26. The predicted octanol–water partition coefficient (Wildman–Crippen LogP) is 0.671. The van der Waals surface area contributed by atoms with Gasteiger partial charge in [0.25, 0.3) is 0 Å². The second-order valence-electron chi connectivity index (χ2n) is 4.73. The minimum Gasteiger partial charge on any atom is -0.394 e. The van der Waals surface area contributed by atoms with Crippen molar-refractivity contribution in [1.82, 2.24) is 15.1 Å². The number of aliphatic hydroxyl groups excluding tert-OH is 1. The van der Waals surface area contributed by atoms with Crippen LogP contribution in [0.3, 0.4) is 0 Å². The van der Waals surface area contributed by atoms with E-state index in [0.717, 1.165) is 12.1 Å². The maximum atomic E-state index is 9.40. The summed E-state index contributed by atoms with van der Waals surface area (Å²) < 4.78 is 1.80. The summed E-state index contributed by atoms with van der Waals surface area (Å²) >= 11 is 0. The SMILES string of the molecule is Cn1cc(CNC(C)(CO)C2CC2)cn1. The van der Waals surface area contributed by atoms with Gasteiger partial charge in [-0.25, -0.2) is 0 Å². The van der Waals surface area contributed by atoms with Crippen LogP contribution >= 0.6 is 0 Å². The monoisotopic (exact) mass is 209 g/mol. The Balaban J connectivity index is 1.91. The highest BCUT2D eigenvalue weighted by Gasteiger charge is 2.40. The molecule has 0 spiro atoms. The van der Waals surface area contributed by atoms with Crippen LogP contribution in [-0.2, 0) is 13.6 Å². The number of hydrogen-bond acceptors (Lipinski definition) is 3. The van der Waals surface area contributed by atoms with Gasteiger partial charge in [0.05, 0.1) is 12.8 Å². The van der Waals surface area contributed by atoms with Crippen molar-refractivity contribution < 1.29 is 5.11 Å². The van der Waals surface area contributed by atoms with Crippen LogP contribution in [-0.4, -0.2) is 27.0 Å². The normalized spacial score (nSPS) is 20.2. The lowest BCUT2D eigenvalue weighted by Gasteiger charge is -2.28. The Bertz CT molecular complexity index is 332. The Morgan fingerprint density at radius 3 is 2.87 bits per heavy atom. The van der Waals surface area contributed by atoms with Crippen molar-refractivity contribution in [1.29, 1.82) is 0 Å². The van der Waals surface area contributed by atoms with E-state index in [1.807, 2.05) is 19.4 Å². The molecule has 2 N–H and O–H groups in total. The van der Waals surface area contributed by atoms with Gasteiger partial charge in [-0.1, -0.05) is 0 Å². The molecular weight excluding hydrogens is 190 g/mol. The second-order valence-corrected chi connectivity index (χ2v) is 4.73. The van der Waals surface area contributed by atoms with Crippen LogP contribution in [0.5, 0.6) is 0 Å². The summed E-state index contributed by atoms with van der Waals surface area (Å²) in [7, 11) is 1.91. The summed E-state index contributed by atoms with van der Waals surface area (Å²) in [5.41, 5.74) is 1.05. The van der Waals surface area contributed by atoms with Crippen molar-refractivity contribution in [2.45, 2.75) is 31.8 Å². The highest BCUT2D eigenvalue weighted by molar-refractivity contribution is 5.06. The zero-order valence-electron chi connectivity index (χ0n) is 9.40. The average Bonchev–Trinajstić information content (AvgIpc) is 3.00. The molecule has 1 heterocycles. The minimum atomic E-state index is -0.115. The molecule has 15 heavy (non-hydrogen) atoms. The quantitative estimate of drug-likeness (QED) is 0.749. The lowest BCUT2D eigenvalue weighted by molar-refractivity contribution is 0.153. The van der Waals surface area contributed by atoms with Crippen LogP contribution in [0.4, 0.5) is 0 Å². The van der Waals surface area contributed by atoms with E-state index >= 15 is 0 Å². The van der Waals surface area contributed by atoms with Crippen molar-refractivity contribution in [3.05, 3.63) is 18.0 Å². The van der Waals surface area contributed by atoms with Gasteiger partial charge in [0.2, 0.25) is 0 Å². The van der Waals surface area contributed by atoms with Crippen LogP contribution in [0.15, 0.2) is 12.4 Å². The first kappa shape index (κ1) is 10.6. The summed E-state index contributed by atoms with van der Waals surface area (Å²) in [6, 6.07) is 0. The van der Waals surface area contributed by atoms with Gasteiger partial charge in [-0.05, 0) is 25.7 Å². The van der Waals surface area contributed by atoms with Crippen molar-refractivity contribution in [2.75, 3.05) is 6.61 Å². The Morgan fingerprint density at radius 2 is 2.40 bits per heavy atom. The third kappa shape index (κ3) is 2.38. The third-order valence-corrected chi connectivity index (χ3v) is 3.26. The van der Waals surface area contributed by atoms with Crippen molar-refractivity contribution >= 4 is 0 Å². The minimum absolute atomic E-state index is 0.115. The van der Waals surface area contributed by atoms with Crippen LogP contribution < -0.4 is 5.32 Å². The predicted molar refractivity (Wildman–Crippen MR) is 58.3 cm³/mol. The van der Waals surface area contributed by atoms with E-state index in [0.29, 0.717) is 5.92 Å². The highest BCUT2D eigenvalue weighted by atomic mass is 16.3. The Morgan fingerprint density at radius 1 is 1.67 bits per heavy atom. The lowest BCUT2D eigenvalue weighted by Crippen LogP contribution is -2.47. The molecule has 84 valence electrons. The molecule has 0 bridgehead atoms. The number of aliphatic hydroxyl groups is 1. The van der Waals surface area contributed by atoms with Crippen LogP contribution in [0.2, 0.25) is 0 Å². The summed E-state index contributed by atoms with van der Waals surface area (Å²) in [5.74, 6) is 0.638. The number of hydrogen-bond donors (Lipinski definition) is 2. The van der Waals surface area contributed by atoms with E-state index in [1.165, 1.54) is 12.8 Å². The standard InChI is InChI=1S/C11H19N3O/c1-11(8-15,10-3-4-10)12-5-9-6-13-14(2)7-9/h6-7,10,12,15H,3-5,8H2,1-2H3. The molecule has 0 amide bonds. The zero-order valence-corrected chi connectivity index (χ0v) is 9.40. The first-order valence-corrected chi connectivity index (χ1v) is 5.47. The van der Waals surface area contributed by atoms with Crippen LogP contribution in [0.25, 0.3) is 0 Å². The van der Waals surface area contributed by atoms with Crippen molar-refractivity contribution in [3.63, 3.8) is 0 Å². The summed E-state index contributed by atoms with van der Waals surface area (Å²) in [5, 5.41) is 16.9. The number of nitrogens with one attached hydrogen (secondary N) is 1. The summed E-state index contributed by atoms with van der Waals surface area (Å²) in [6.45, 7) is 3.08. The molecule has 1 fully saturated rings. The van der Waals surface area contributed by atoms with Gasteiger partial charge in [-0.3, -0.25) is 4.68 Å².